The fourth-order valence-corrected chi connectivity index (χ4v) is 4.04. The maximum Gasteiger partial charge on any atom is 0.254 e. The number of morpholine rings is 1. The summed E-state index contributed by atoms with van der Waals surface area (Å²) < 4.78 is 5.74. The number of carbonyl (C=O) groups excluding carboxylic acids is 1. The first-order valence-corrected chi connectivity index (χ1v) is 11.6. The zero-order valence-corrected chi connectivity index (χ0v) is 22.5. The number of ether oxygens (including phenoxy) is 1. The normalized spacial score (nSPS) is 18.4. The van der Waals surface area contributed by atoms with Crippen LogP contribution in [0.4, 0.5) is 0 Å². The number of nitrogens with zero attached hydrogens (tertiary/aromatic N) is 2. The second kappa shape index (κ2) is 13.5. The van der Waals surface area contributed by atoms with Crippen LogP contribution in [0.15, 0.2) is 53.5 Å². The Bertz CT molecular complexity index is 907. The third-order valence-corrected chi connectivity index (χ3v) is 5.62. The van der Waals surface area contributed by atoms with Crippen LogP contribution >= 0.6 is 24.0 Å². The molecule has 0 saturated carbocycles. The first-order valence-electron chi connectivity index (χ1n) is 11.6. The third-order valence-electron chi connectivity index (χ3n) is 5.62. The predicted molar refractivity (Wildman–Crippen MR) is 145 cm³/mol. The average Bonchev–Trinajstić information content (AvgIpc) is 2.80. The van der Waals surface area contributed by atoms with Crippen LogP contribution in [0.3, 0.4) is 0 Å². The lowest BCUT2D eigenvalue weighted by molar-refractivity contribution is -0.0586. The van der Waals surface area contributed by atoms with Gasteiger partial charge >= 0.3 is 0 Å². The molecule has 1 aliphatic heterocycles. The van der Waals surface area contributed by atoms with Crippen molar-refractivity contribution in [1.82, 2.24) is 15.5 Å². The minimum Gasteiger partial charge on any atom is -0.372 e. The van der Waals surface area contributed by atoms with E-state index in [2.05, 4.69) is 48.7 Å². The van der Waals surface area contributed by atoms with E-state index in [1.165, 1.54) is 11.1 Å². The second-order valence-electron chi connectivity index (χ2n) is 8.34. The minimum absolute atomic E-state index is 0. The van der Waals surface area contributed by atoms with E-state index in [4.69, 9.17) is 9.73 Å². The Balaban J connectivity index is 0.00000385. The van der Waals surface area contributed by atoms with E-state index >= 15 is 0 Å². The van der Waals surface area contributed by atoms with Gasteiger partial charge < -0.3 is 20.3 Å². The molecule has 1 amide bonds. The molecule has 2 N–H and O–H groups in total. The Morgan fingerprint density at radius 2 is 1.64 bits per heavy atom. The van der Waals surface area contributed by atoms with Crippen molar-refractivity contribution in [1.29, 1.82) is 0 Å². The van der Waals surface area contributed by atoms with Crippen LogP contribution in [0.5, 0.6) is 0 Å². The molecule has 0 aliphatic carbocycles. The van der Waals surface area contributed by atoms with E-state index in [9.17, 15) is 4.79 Å². The molecule has 1 saturated heterocycles. The van der Waals surface area contributed by atoms with Crippen molar-refractivity contribution in [3.8, 4) is 0 Å². The van der Waals surface area contributed by atoms with Crippen molar-refractivity contribution in [2.45, 2.75) is 59.4 Å². The average molecular weight is 565 g/mol. The molecule has 1 fully saturated rings. The Hall–Kier alpha value is -2.13. The Morgan fingerprint density at radius 1 is 1.00 bits per heavy atom. The maximum atomic E-state index is 12.8. The van der Waals surface area contributed by atoms with Crippen LogP contribution in [0, 0.1) is 0 Å². The number of rotatable bonds is 7. The van der Waals surface area contributed by atoms with Crippen LogP contribution in [-0.4, -0.2) is 48.6 Å². The number of halogens is 1. The molecule has 1 aliphatic rings. The lowest BCUT2D eigenvalue weighted by Gasteiger charge is -2.35. The minimum atomic E-state index is 0. The molecular formula is C26H37IN4O2. The smallest absolute Gasteiger partial charge is 0.254 e. The van der Waals surface area contributed by atoms with E-state index in [1.54, 1.807) is 0 Å². The zero-order valence-electron chi connectivity index (χ0n) is 20.1. The van der Waals surface area contributed by atoms with Gasteiger partial charge in [-0.2, -0.15) is 0 Å². The molecule has 180 valence electrons. The highest BCUT2D eigenvalue weighted by Gasteiger charge is 2.26. The Kier molecular flexibility index (Phi) is 11.1. The van der Waals surface area contributed by atoms with E-state index < -0.39 is 0 Å². The highest BCUT2D eigenvalue weighted by molar-refractivity contribution is 14.0. The highest BCUT2D eigenvalue weighted by atomic mass is 127. The number of hydrogen-bond donors (Lipinski definition) is 2. The predicted octanol–water partition coefficient (Wildman–Crippen LogP) is 4.37. The number of carbonyl (C=O) groups is 1. The van der Waals surface area contributed by atoms with Gasteiger partial charge in [-0.05, 0) is 56.0 Å². The van der Waals surface area contributed by atoms with E-state index in [0.717, 1.165) is 31.0 Å². The Morgan fingerprint density at radius 3 is 2.24 bits per heavy atom. The van der Waals surface area contributed by atoms with Gasteiger partial charge in [-0.1, -0.05) is 43.3 Å². The summed E-state index contributed by atoms with van der Waals surface area (Å²) in [6.07, 6.45) is 1.15. The van der Waals surface area contributed by atoms with E-state index in [1.807, 2.05) is 43.0 Å². The molecule has 2 aromatic carbocycles. The van der Waals surface area contributed by atoms with Gasteiger partial charge in [0.15, 0.2) is 5.96 Å². The largest absolute Gasteiger partial charge is 0.372 e. The number of benzene rings is 2. The lowest BCUT2D eigenvalue weighted by Crippen LogP contribution is -2.48. The van der Waals surface area contributed by atoms with Crippen LogP contribution < -0.4 is 10.6 Å². The van der Waals surface area contributed by atoms with E-state index in [0.29, 0.717) is 25.2 Å². The number of aryl methyl sites for hydroxylation is 1. The quantitative estimate of drug-likeness (QED) is 0.298. The summed E-state index contributed by atoms with van der Waals surface area (Å²) in [6.45, 7) is 11.6. The van der Waals surface area contributed by atoms with Crippen molar-refractivity contribution in [3.05, 3.63) is 70.8 Å². The molecule has 0 radical (unpaired) electrons. The molecule has 7 heteroatoms. The van der Waals surface area contributed by atoms with Gasteiger partial charge in [0, 0.05) is 31.7 Å². The summed E-state index contributed by atoms with van der Waals surface area (Å²) >= 11 is 0. The van der Waals surface area contributed by atoms with Crippen molar-refractivity contribution in [3.63, 3.8) is 0 Å². The third kappa shape index (κ3) is 7.99. The topological polar surface area (TPSA) is 66.0 Å². The summed E-state index contributed by atoms with van der Waals surface area (Å²) in [5.74, 6) is 0.849. The molecule has 0 aromatic heterocycles. The number of hydrogen-bond acceptors (Lipinski definition) is 3. The van der Waals surface area contributed by atoms with Crippen molar-refractivity contribution >= 4 is 35.8 Å². The summed E-state index contributed by atoms with van der Waals surface area (Å²) in [5.41, 5.74) is 4.41. The molecule has 0 spiro atoms. The molecule has 33 heavy (non-hydrogen) atoms. The molecular weight excluding hydrogens is 527 g/mol. The van der Waals surface area contributed by atoms with Gasteiger partial charge in [-0.3, -0.25) is 4.79 Å². The second-order valence-corrected chi connectivity index (χ2v) is 8.34. The molecule has 6 nitrogen and oxygen atoms in total. The van der Waals surface area contributed by atoms with Crippen LogP contribution in [0.2, 0.25) is 0 Å². The van der Waals surface area contributed by atoms with Gasteiger partial charge in [0.05, 0.1) is 18.8 Å². The van der Waals surface area contributed by atoms with Gasteiger partial charge in [0.25, 0.3) is 5.91 Å². The lowest BCUT2D eigenvalue weighted by atomic mass is 10.1. The van der Waals surface area contributed by atoms with Crippen molar-refractivity contribution < 1.29 is 9.53 Å². The van der Waals surface area contributed by atoms with Crippen LogP contribution in [0.1, 0.15) is 54.7 Å². The van der Waals surface area contributed by atoms with Crippen molar-refractivity contribution in [2.75, 3.05) is 19.6 Å². The Labute approximate surface area is 215 Å². The molecule has 1 heterocycles. The number of nitrogens with one attached hydrogen (secondary N) is 2. The molecule has 3 rings (SSSR count). The highest BCUT2D eigenvalue weighted by Crippen LogP contribution is 2.15. The van der Waals surface area contributed by atoms with Gasteiger partial charge in [-0.15, -0.1) is 24.0 Å². The summed E-state index contributed by atoms with van der Waals surface area (Å²) in [7, 11) is 0. The molecule has 0 bridgehead atoms. The van der Waals surface area contributed by atoms with Gasteiger partial charge in [0.1, 0.15) is 0 Å². The summed E-state index contributed by atoms with van der Waals surface area (Å²) in [6, 6.07) is 16.2. The van der Waals surface area contributed by atoms with Crippen LogP contribution in [-0.2, 0) is 24.2 Å². The number of guanidine groups is 1. The first-order chi connectivity index (χ1) is 15.5. The fourth-order valence-electron chi connectivity index (χ4n) is 4.04. The first kappa shape index (κ1) is 27.1. The van der Waals surface area contributed by atoms with Gasteiger partial charge in [-0.25, -0.2) is 4.99 Å². The molecule has 2 aromatic rings. The standard InChI is InChI=1S/C26H36N4O2.HI/c1-5-22-9-7-8-10-24(22)16-29-26(27-6-2)28-15-21-11-13-23(14-12-21)25(31)30-17-19(3)32-20(4)18-30;/h7-14,19-20H,5-6,15-18H2,1-4H3,(H2,27,28,29);1H. The zero-order chi connectivity index (χ0) is 22.9. The summed E-state index contributed by atoms with van der Waals surface area (Å²) in [4.78, 5) is 19.5. The number of aliphatic imine (C=N–C) groups is 1. The van der Waals surface area contributed by atoms with Crippen molar-refractivity contribution in [2.24, 2.45) is 4.99 Å². The summed E-state index contributed by atoms with van der Waals surface area (Å²) in [5, 5.41) is 6.74. The molecule has 2 unspecified atom stereocenters. The van der Waals surface area contributed by atoms with Crippen LogP contribution in [0.25, 0.3) is 0 Å². The molecule has 2 atom stereocenters. The maximum absolute atomic E-state index is 12.8. The SMILES string of the molecule is CCNC(=NCc1ccc(C(=O)N2CC(C)OC(C)C2)cc1)NCc1ccccc1CC.I. The van der Waals surface area contributed by atoms with Gasteiger partial charge in [0.2, 0.25) is 0 Å². The van der Waals surface area contributed by atoms with E-state index in [-0.39, 0.29) is 42.1 Å². The monoisotopic (exact) mass is 564 g/mol. The number of amides is 1. The fraction of sp³-hybridized carbons (Fsp3) is 0.462.